The molecule has 1 aliphatic rings. The maximum absolute atomic E-state index is 12.9. The van der Waals surface area contributed by atoms with Gasteiger partial charge >= 0.3 is 5.97 Å². The van der Waals surface area contributed by atoms with E-state index in [9.17, 15) is 9.59 Å². The maximum atomic E-state index is 12.9. The van der Waals surface area contributed by atoms with Gasteiger partial charge in [-0.25, -0.2) is 9.50 Å². The van der Waals surface area contributed by atoms with E-state index in [4.69, 9.17) is 9.72 Å². The zero-order valence-corrected chi connectivity index (χ0v) is 17.9. The summed E-state index contributed by atoms with van der Waals surface area (Å²) in [5.74, 6) is 0.158. The molecule has 30 heavy (non-hydrogen) atoms. The molecule has 2 heterocycles. The predicted octanol–water partition coefficient (Wildman–Crippen LogP) is 3.23. The van der Waals surface area contributed by atoms with Crippen LogP contribution in [-0.2, 0) is 20.7 Å². The van der Waals surface area contributed by atoms with Gasteiger partial charge in [0.25, 0.3) is 0 Å². The molecular formula is C23H28N4O3. The standard InChI is InChI=1S/C23H28N4O3/c1-4-30-22(29)14-26(13-17-9-10-17)21(28)12-11-18-15(2)24-23-19-7-5-6-8-20(19)25-27(23)16(18)3/h5-8,17H,4,9-14H2,1-3H3. The first kappa shape index (κ1) is 20.3. The number of hydrogen-bond acceptors (Lipinski definition) is 5. The van der Waals surface area contributed by atoms with Crippen LogP contribution in [0.3, 0.4) is 0 Å². The van der Waals surface area contributed by atoms with Gasteiger partial charge in [0.1, 0.15) is 6.54 Å². The van der Waals surface area contributed by atoms with Crippen LogP contribution in [-0.4, -0.2) is 51.1 Å². The molecule has 0 spiro atoms. The van der Waals surface area contributed by atoms with Gasteiger partial charge in [-0.1, -0.05) is 12.1 Å². The van der Waals surface area contributed by atoms with Crippen molar-refractivity contribution in [2.24, 2.45) is 5.92 Å². The van der Waals surface area contributed by atoms with Crippen molar-refractivity contribution in [1.82, 2.24) is 19.5 Å². The molecule has 0 radical (unpaired) electrons. The summed E-state index contributed by atoms with van der Waals surface area (Å²) in [6.07, 6.45) is 3.15. The van der Waals surface area contributed by atoms with Crippen molar-refractivity contribution in [3.63, 3.8) is 0 Å². The van der Waals surface area contributed by atoms with Crippen molar-refractivity contribution < 1.29 is 14.3 Å². The van der Waals surface area contributed by atoms with Gasteiger partial charge < -0.3 is 9.64 Å². The molecule has 1 aliphatic carbocycles. The topological polar surface area (TPSA) is 76.8 Å². The molecule has 0 atom stereocenters. The molecule has 0 unspecified atom stereocenters. The number of nitrogens with zero attached hydrogens (tertiary/aromatic N) is 4. The third-order valence-corrected chi connectivity index (χ3v) is 5.76. The monoisotopic (exact) mass is 408 g/mol. The average Bonchev–Trinajstić information content (AvgIpc) is 3.46. The van der Waals surface area contributed by atoms with Crippen LogP contribution >= 0.6 is 0 Å². The number of esters is 1. The van der Waals surface area contributed by atoms with Crippen LogP contribution in [0.1, 0.15) is 43.1 Å². The van der Waals surface area contributed by atoms with Gasteiger partial charge in [0, 0.05) is 29.7 Å². The molecule has 0 N–H and O–H groups in total. The van der Waals surface area contributed by atoms with E-state index in [1.165, 1.54) is 0 Å². The van der Waals surface area contributed by atoms with E-state index in [1.54, 1.807) is 11.8 Å². The second-order valence-corrected chi connectivity index (χ2v) is 8.04. The molecule has 0 aliphatic heterocycles. The van der Waals surface area contributed by atoms with Crippen LogP contribution in [0.4, 0.5) is 0 Å². The van der Waals surface area contributed by atoms with E-state index in [-0.39, 0.29) is 18.4 Å². The Morgan fingerprint density at radius 2 is 2.00 bits per heavy atom. The minimum atomic E-state index is -0.342. The fourth-order valence-corrected chi connectivity index (χ4v) is 3.96. The summed E-state index contributed by atoms with van der Waals surface area (Å²) in [7, 11) is 0. The minimum Gasteiger partial charge on any atom is -0.465 e. The highest BCUT2D eigenvalue weighted by Crippen LogP contribution is 2.30. The minimum absolute atomic E-state index is 0.0144. The summed E-state index contributed by atoms with van der Waals surface area (Å²) in [5.41, 5.74) is 4.70. The van der Waals surface area contributed by atoms with Gasteiger partial charge in [-0.3, -0.25) is 9.59 Å². The Bertz CT molecular complexity index is 1100. The molecule has 0 bridgehead atoms. The van der Waals surface area contributed by atoms with Gasteiger partial charge in [-0.2, -0.15) is 5.10 Å². The number of amides is 1. The first-order valence-corrected chi connectivity index (χ1v) is 10.6. The summed E-state index contributed by atoms with van der Waals surface area (Å²) < 4.78 is 6.92. The first-order valence-electron chi connectivity index (χ1n) is 10.6. The average molecular weight is 409 g/mol. The van der Waals surface area contributed by atoms with Crippen LogP contribution in [0.2, 0.25) is 0 Å². The fourth-order valence-electron chi connectivity index (χ4n) is 3.96. The second-order valence-electron chi connectivity index (χ2n) is 8.04. The predicted molar refractivity (Wildman–Crippen MR) is 114 cm³/mol. The summed E-state index contributed by atoms with van der Waals surface area (Å²) in [5, 5.41) is 5.71. The van der Waals surface area contributed by atoms with E-state index in [1.807, 2.05) is 42.6 Å². The van der Waals surface area contributed by atoms with Crippen LogP contribution in [0.25, 0.3) is 16.6 Å². The van der Waals surface area contributed by atoms with Crippen LogP contribution in [0, 0.1) is 19.8 Å². The number of benzene rings is 1. The van der Waals surface area contributed by atoms with Crippen molar-refractivity contribution in [2.45, 2.75) is 46.5 Å². The zero-order valence-electron chi connectivity index (χ0n) is 17.9. The lowest BCUT2D eigenvalue weighted by Crippen LogP contribution is -2.38. The Kier molecular flexibility index (Phi) is 5.70. The maximum Gasteiger partial charge on any atom is 0.325 e. The Morgan fingerprint density at radius 3 is 2.73 bits per heavy atom. The Hall–Kier alpha value is -2.96. The molecule has 7 heteroatoms. The molecule has 0 saturated heterocycles. The van der Waals surface area contributed by atoms with Crippen molar-refractivity contribution in [3.8, 4) is 0 Å². The number of aryl methyl sites for hydroxylation is 2. The molecule has 1 saturated carbocycles. The van der Waals surface area contributed by atoms with Gasteiger partial charge in [-0.05, 0) is 63.6 Å². The normalized spacial score (nSPS) is 13.7. The Morgan fingerprint density at radius 1 is 1.23 bits per heavy atom. The van der Waals surface area contributed by atoms with Gasteiger partial charge in [0.2, 0.25) is 5.91 Å². The van der Waals surface area contributed by atoms with Crippen molar-refractivity contribution in [1.29, 1.82) is 0 Å². The van der Waals surface area contributed by atoms with Gasteiger partial charge in [-0.15, -0.1) is 0 Å². The molecule has 1 amide bonds. The number of fused-ring (bicyclic) bond motifs is 3. The van der Waals surface area contributed by atoms with Gasteiger partial charge in [0.05, 0.1) is 12.1 Å². The van der Waals surface area contributed by atoms with E-state index in [0.29, 0.717) is 31.9 Å². The number of rotatable bonds is 8. The number of carbonyl (C=O) groups is 2. The molecule has 4 rings (SSSR count). The van der Waals surface area contributed by atoms with Gasteiger partial charge in [0.15, 0.2) is 5.65 Å². The molecule has 1 aromatic carbocycles. The highest BCUT2D eigenvalue weighted by Gasteiger charge is 2.28. The van der Waals surface area contributed by atoms with Crippen molar-refractivity contribution in [3.05, 3.63) is 41.2 Å². The lowest BCUT2D eigenvalue weighted by atomic mass is 10.1. The number of carbonyl (C=O) groups excluding carboxylic acids is 2. The SMILES string of the molecule is CCOC(=O)CN(CC1CC1)C(=O)CCc1c(C)nc2c3ccccc3nn2c1C. The summed E-state index contributed by atoms with van der Waals surface area (Å²) in [4.78, 5) is 31.3. The van der Waals surface area contributed by atoms with Crippen molar-refractivity contribution in [2.75, 3.05) is 19.7 Å². The third kappa shape index (κ3) is 4.15. The van der Waals surface area contributed by atoms with E-state index in [2.05, 4.69) is 5.10 Å². The quantitative estimate of drug-likeness (QED) is 0.535. The molecule has 7 nitrogen and oxygen atoms in total. The third-order valence-electron chi connectivity index (χ3n) is 5.76. The van der Waals surface area contributed by atoms with E-state index < -0.39 is 0 Å². The number of hydrogen-bond donors (Lipinski definition) is 0. The van der Waals surface area contributed by atoms with E-state index in [0.717, 1.165) is 46.3 Å². The van der Waals surface area contributed by atoms with Crippen LogP contribution in [0.15, 0.2) is 24.3 Å². The highest BCUT2D eigenvalue weighted by atomic mass is 16.5. The molecule has 2 aromatic heterocycles. The number of aromatic nitrogens is 3. The zero-order chi connectivity index (χ0) is 21.3. The van der Waals surface area contributed by atoms with Crippen molar-refractivity contribution >= 4 is 28.4 Å². The summed E-state index contributed by atoms with van der Waals surface area (Å²) in [6, 6.07) is 7.96. The first-order chi connectivity index (χ1) is 14.5. The smallest absolute Gasteiger partial charge is 0.325 e. The molecule has 1 fully saturated rings. The number of ether oxygens (including phenoxy) is 1. The molecule has 158 valence electrons. The lowest BCUT2D eigenvalue weighted by Gasteiger charge is -2.22. The largest absolute Gasteiger partial charge is 0.465 e. The Balaban J connectivity index is 1.53. The summed E-state index contributed by atoms with van der Waals surface area (Å²) in [6.45, 7) is 6.77. The second kappa shape index (κ2) is 8.42. The Labute approximate surface area is 176 Å². The van der Waals surface area contributed by atoms with E-state index >= 15 is 0 Å². The summed E-state index contributed by atoms with van der Waals surface area (Å²) >= 11 is 0. The molecule has 3 aromatic rings. The fraction of sp³-hybridized carbons (Fsp3) is 0.478. The lowest BCUT2D eigenvalue weighted by molar-refractivity contribution is -0.149. The molecular weight excluding hydrogens is 380 g/mol. The van der Waals surface area contributed by atoms with Crippen LogP contribution < -0.4 is 0 Å². The highest BCUT2D eigenvalue weighted by molar-refractivity contribution is 5.92. The van der Waals surface area contributed by atoms with Crippen LogP contribution in [0.5, 0.6) is 0 Å².